The van der Waals surface area contributed by atoms with Crippen LogP contribution in [0.25, 0.3) is 0 Å². The van der Waals surface area contributed by atoms with E-state index in [1.54, 1.807) is 20.1 Å². The molecule has 0 saturated heterocycles. The largest absolute Gasteiger partial charge is 0.496 e. The van der Waals surface area contributed by atoms with Gasteiger partial charge in [-0.2, -0.15) is 0 Å². The summed E-state index contributed by atoms with van der Waals surface area (Å²) in [4.78, 5) is 10.9. The third-order valence-electron chi connectivity index (χ3n) is 3.04. The second-order valence-electron chi connectivity index (χ2n) is 4.22. The van der Waals surface area contributed by atoms with E-state index >= 15 is 0 Å². The van der Waals surface area contributed by atoms with Gasteiger partial charge in [-0.1, -0.05) is 24.6 Å². The van der Waals surface area contributed by atoms with Crippen LogP contribution in [0, 0.1) is 5.92 Å². The Morgan fingerprint density at radius 1 is 1.50 bits per heavy atom. The summed E-state index contributed by atoms with van der Waals surface area (Å²) in [7, 11) is 1.58. The summed E-state index contributed by atoms with van der Waals surface area (Å²) in [6, 6.07) is 5.28. The minimum atomic E-state index is -0.818. The van der Waals surface area contributed by atoms with Gasteiger partial charge in [0.1, 0.15) is 5.75 Å². The molecule has 0 saturated carbocycles. The molecule has 0 bridgehead atoms. The minimum absolute atomic E-state index is 0.150. The number of carboxylic acids is 1. The molecule has 0 fully saturated rings. The van der Waals surface area contributed by atoms with Crippen molar-refractivity contribution in [2.75, 3.05) is 7.11 Å². The first-order chi connectivity index (χ1) is 8.47. The summed E-state index contributed by atoms with van der Waals surface area (Å²) in [6.07, 6.45) is 0. The van der Waals surface area contributed by atoms with E-state index in [2.05, 4.69) is 5.32 Å². The second-order valence-corrected chi connectivity index (χ2v) is 4.62. The maximum Gasteiger partial charge on any atom is 0.307 e. The fourth-order valence-corrected chi connectivity index (χ4v) is 1.79. The molecule has 2 N–H and O–H groups in total. The predicted molar refractivity (Wildman–Crippen MR) is 71.1 cm³/mol. The van der Waals surface area contributed by atoms with Gasteiger partial charge in [-0.3, -0.25) is 4.79 Å². The van der Waals surface area contributed by atoms with Crippen molar-refractivity contribution in [2.45, 2.75) is 26.4 Å². The lowest BCUT2D eigenvalue weighted by atomic mass is 10.0. The Bertz CT molecular complexity index is 423. The summed E-state index contributed by atoms with van der Waals surface area (Å²) in [6.45, 7) is 3.98. The molecule has 2 atom stereocenters. The minimum Gasteiger partial charge on any atom is -0.496 e. The normalized spacial score (nSPS) is 14.0. The van der Waals surface area contributed by atoms with E-state index in [-0.39, 0.29) is 6.04 Å². The molecule has 100 valence electrons. The number of methoxy groups -OCH3 is 1. The standard InChI is InChI=1S/C13H18ClNO3/c1-8(13(16)17)9(2)15-7-10-11(14)5-4-6-12(10)18-3/h4-6,8-9,15H,7H2,1-3H3,(H,16,17). The molecule has 0 amide bonds. The highest BCUT2D eigenvalue weighted by Crippen LogP contribution is 2.26. The van der Waals surface area contributed by atoms with Crippen molar-refractivity contribution >= 4 is 17.6 Å². The van der Waals surface area contributed by atoms with Gasteiger partial charge in [0.25, 0.3) is 0 Å². The van der Waals surface area contributed by atoms with E-state index in [0.29, 0.717) is 17.3 Å². The molecular weight excluding hydrogens is 254 g/mol. The quantitative estimate of drug-likeness (QED) is 0.835. The molecule has 1 aromatic rings. The number of benzene rings is 1. The number of hydrogen-bond acceptors (Lipinski definition) is 3. The molecule has 0 aliphatic heterocycles. The number of ether oxygens (including phenoxy) is 1. The number of carboxylic acid groups (broad SMARTS) is 1. The lowest BCUT2D eigenvalue weighted by Gasteiger charge is -2.19. The molecule has 0 aliphatic rings. The van der Waals surface area contributed by atoms with Gasteiger partial charge in [-0.15, -0.1) is 0 Å². The Morgan fingerprint density at radius 3 is 2.72 bits per heavy atom. The van der Waals surface area contributed by atoms with Gasteiger partial charge < -0.3 is 15.2 Å². The van der Waals surface area contributed by atoms with Crippen molar-refractivity contribution in [3.05, 3.63) is 28.8 Å². The summed E-state index contributed by atoms with van der Waals surface area (Å²) in [5.41, 5.74) is 0.839. The van der Waals surface area contributed by atoms with Crippen LogP contribution in [0.3, 0.4) is 0 Å². The highest BCUT2D eigenvalue weighted by atomic mass is 35.5. The smallest absolute Gasteiger partial charge is 0.307 e. The average molecular weight is 272 g/mol. The van der Waals surface area contributed by atoms with Gasteiger partial charge in [0.15, 0.2) is 0 Å². The van der Waals surface area contributed by atoms with Crippen molar-refractivity contribution < 1.29 is 14.6 Å². The van der Waals surface area contributed by atoms with Crippen LogP contribution in [0.1, 0.15) is 19.4 Å². The molecule has 0 spiro atoms. The number of halogens is 1. The Morgan fingerprint density at radius 2 is 2.17 bits per heavy atom. The molecule has 2 unspecified atom stereocenters. The first kappa shape index (κ1) is 14.8. The van der Waals surface area contributed by atoms with Crippen LogP contribution < -0.4 is 10.1 Å². The average Bonchev–Trinajstić information content (AvgIpc) is 2.35. The highest BCUT2D eigenvalue weighted by molar-refractivity contribution is 6.31. The number of hydrogen-bond donors (Lipinski definition) is 2. The van der Waals surface area contributed by atoms with Crippen molar-refractivity contribution in [2.24, 2.45) is 5.92 Å². The highest BCUT2D eigenvalue weighted by Gasteiger charge is 2.19. The van der Waals surface area contributed by atoms with Crippen molar-refractivity contribution in [1.29, 1.82) is 0 Å². The van der Waals surface area contributed by atoms with E-state index in [1.165, 1.54) is 0 Å². The first-order valence-corrected chi connectivity index (χ1v) is 6.12. The molecule has 5 heteroatoms. The number of nitrogens with one attached hydrogen (secondary N) is 1. The maximum absolute atomic E-state index is 10.9. The van der Waals surface area contributed by atoms with Crippen LogP contribution in [0.4, 0.5) is 0 Å². The SMILES string of the molecule is COc1cccc(Cl)c1CNC(C)C(C)C(=O)O. The third kappa shape index (κ3) is 3.62. The van der Waals surface area contributed by atoms with Crippen LogP contribution in [-0.2, 0) is 11.3 Å². The topological polar surface area (TPSA) is 58.6 Å². The van der Waals surface area contributed by atoms with Crippen LogP contribution in [0.15, 0.2) is 18.2 Å². The zero-order chi connectivity index (χ0) is 13.7. The molecule has 4 nitrogen and oxygen atoms in total. The van der Waals surface area contributed by atoms with Crippen LogP contribution in [0.5, 0.6) is 5.75 Å². The van der Waals surface area contributed by atoms with E-state index in [4.69, 9.17) is 21.4 Å². The second kappa shape index (κ2) is 6.61. The van der Waals surface area contributed by atoms with Gasteiger partial charge in [0, 0.05) is 23.2 Å². The number of carbonyl (C=O) groups is 1. The monoisotopic (exact) mass is 271 g/mol. The van der Waals surface area contributed by atoms with Gasteiger partial charge in [-0.25, -0.2) is 0 Å². The molecule has 1 rings (SSSR count). The molecule has 0 radical (unpaired) electrons. The van der Waals surface area contributed by atoms with Crippen LogP contribution in [-0.4, -0.2) is 24.2 Å². The predicted octanol–water partition coefficient (Wildman–Crippen LogP) is 2.55. The number of rotatable bonds is 6. The Hall–Kier alpha value is -1.26. The van der Waals surface area contributed by atoms with E-state index in [1.807, 2.05) is 19.1 Å². The molecule has 1 aromatic carbocycles. The van der Waals surface area contributed by atoms with Gasteiger partial charge >= 0.3 is 5.97 Å². The van der Waals surface area contributed by atoms with Crippen LogP contribution in [0.2, 0.25) is 5.02 Å². The van der Waals surface area contributed by atoms with E-state index in [9.17, 15) is 4.79 Å². The van der Waals surface area contributed by atoms with Crippen LogP contribution >= 0.6 is 11.6 Å². The lowest BCUT2D eigenvalue weighted by molar-refractivity contribution is -0.141. The van der Waals surface area contributed by atoms with Gasteiger partial charge in [-0.05, 0) is 19.1 Å². The van der Waals surface area contributed by atoms with Crippen molar-refractivity contribution in [3.63, 3.8) is 0 Å². The van der Waals surface area contributed by atoms with Crippen molar-refractivity contribution in [1.82, 2.24) is 5.32 Å². The number of aliphatic carboxylic acids is 1. The Labute approximate surface area is 112 Å². The van der Waals surface area contributed by atoms with E-state index < -0.39 is 11.9 Å². The molecule has 0 heterocycles. The molecular formula is C13H18ClNO3. The Balaban J connectivity index is 2.71. The summed E-state index contributed by atoms with van der Waals surface area (Å²) in [5.74, 6) is -0.579. The molecule has 18 heavy (non-hydrogen) atoms. The third-order valence-corrected chi connectivity index (χ3v) is 3.39. The van der Waals surface area contributed by atoms with E-state index in [0.717, 1.165) is 5.56 Å². The molecule has 0 aliphatic carbocycles. The fourth-order valence-electron chi connectivity index (χ4n) is 1.56. The lowest BCUT2D eigenvalue weighted by Crippen LogP contribution is -2.35. The summed E-state index contributed by atoms with van der Waals surface area (Å²) >= 11 is 6.10. The fraction of sp³-hybridized carbons (Fsp3) is 0.462. The summed E-state index contributed by atoms with van der Waals surface area (Å²) in [5, 5.41) is 12.7. The van der Waals surface area contributed by atoms with Crippen molar-refractivity contribution in [3.8, 4) is 5.75 Å². The van der Waals surface area contributed by atoms with Gasteiger partial charge in [0.2, 0.25) is 0 Å². The zero-order valence-corrected chi connectivity index (χ0v) is 11.5. The van der Waals surface area contributed by atoms with Gasteiger partial charge in [0.05, 0.1) is 13.0 Å². The Kier molecular flexibility index (Phi) is 5.44. The maximum atomic E-state index is 10.9. The zero-order valence-electron chi connectivity index (χ0n) is 10.7. The molecule has 0 aromatic heterocycles. The summed E-state index contributed by atoms with van der Waals surface area (Å²) < 4.78 is 5.23. The first-order valence-electron chi connectivity index (χ1n) is 5.75.